The first-order valence-corrected chi connectivity index (χ1v) is 8.37. The third-order valence-corrected chi connectivity index (χ3v) is 5.75. The Bertz CT molecular complexity index is 676. The summed E-state index contributed by atoms with van der Waals surface area (Å²) < 4.78 is 42.2. The number of carbonyl (C=O) groups excluding carboxylic acids is 1. The van der Waals surface area contributed by atoms with Gasteiger partial charge in [0.15, 0.2) is 12.3 Å². The molecule has 2 aliphatic heterocycles. The third kappa shape index (κ3) is 2.61. The number of benzene rings is 1. The number of hydrogen-bond acceptors (Lipinski definition) is 6. The van der Waals surface area contributed by atoms with Crippen LogP contribution in [0.2, 0.25) is 5.02 Å². The minimum atomic E-state index is -3.90. The molecule has 3 rings (SSSR count). The number of methoxy groups -OCH3 is 1. The highest BCUT2D eigenvalue weighted by molar-refractivity contribution is 7.89. The molecule has 2 heterocycles. The molecule has 1 aromatic carbocycles. The fraction of sp³-hybridized carbons (Fsp3) is 0.462. The molecule has 2 fully saturated rings. The fourth-order valence-electron chi connectivity index (χ4n) is 2.53. The quantitative estimate of drug-likeness (QED) is 0.746. The van der Waals surface area contributed by atoms with Crippen molar-refractivity contribution in [3.8, 4) is 0 Å². The topological polar surface area (TPSA) is 82.1 Å². The number of ether oxygens (including phenoxy) is 3. The van der Waals surface area contributed by atoms with E-state index in [-0.39, 0.29) is 18.0 Å². The van der Waals surface area contributed by atoms with Gasteiger partial charge in [-0.2, -0.15) is 4.31 Å². The minimum absolute atomic E-state index is 0.00992. The zero-order valence-corrected chi connectivity index (χ0v) is 13.2. The van der Waals surface area contributed by atoms with Crippen LogP contribution in [0.5, 0.6) is 0 Å². The van der Waals surface area contributed by atoms with E-state index in [1.54, 1.807) is 0 Å². The second-order valence-electron chi connectivity index (χ2n) is 4.94. The highest BCUT2D eigenvalue weighted by Crippen LogP contribution is 2.30. The molecule has 1 aromatic rings. The normalized spacial score (nSPS) is 29.2. The van der Waals surface area contributed by atoms with Crippen molar-refractivity contribution >= 4 is 27.6 Å². The van der Waals surface area contributed by atoms with Crippen LogP contribution >= 0.6 is 11.6 Å². The van der Waals surface area contributed by atoms with E-state index in [9.17, 15) is 13.2 Å². The van der Waals surface area contributed by atoms with Crippen LogP contribution in [0.1, 0.15) is 0 Å². The van der Waals surface area contributed by atoms with E-state index >= 15 is 0 Å². The maximum absolute atomic E-state index is 12.8. The standard InChI is InChI=1S/C13H14ClNO6S/c1-19-11-6-15(12-10(21-11)7-20-13(12)16)22(17,18)9-4-2-8(14)3-5-9/h2-5,10-12H,6-7H2,1H3/t10?,11-,12+/m0/s1. The highest BCUT2D eigenvalue weighted by Gasteiger charge is 2.52. The molecule has 0 N–H and O–H groups in total. The Labute approximate surface area is 132 Å². The molecule has 9 heteroatoms. The summed E-state index contributed by atoms with van der Waals surface area (Å²) in [5.74, 6) is -0.614. The van der Waals surface area contributed by atoms with Crippen LogP contribution in [0.25, 0.3) is 0 Å². The lowest BCUT2D eigenvalue weighted by atomic mass is 10.2. The van der Waals surface area contributed by atoms with Crippen molar-refractivity contribution in [2.24, 2.45) is 0 Å². The van der Waals surface area contributed by atoms with Gasteiger partial charge in [-0.15, -0.1) is 0 Å². The van der Waals surface area contributed by atoms with Crippen molar-refractivity contribution in [2.45, 2.75) is 23.3 Å². The number of cyclic esters (lactones) is 1. The molecule has 2 saturated heterocycles. The molecule has 0 aromatic heterocycles. The van der Waals surface area contributed by atoms with Crippen molar-refractivity contribution in [1.82, 2.24) is 4.31 Å². The van der Waals surface area contributed by atoms with Crippen molar-refractivity contribution in [3.05, 3.63) is 29.3 Å². The van der Waals surface area contributed by atoms with E-state index in [0.717, 1.165) is 4.31 Å². The molecular weight excluding hydrogens is 334 g/mol. The average Bonchev–Trinajstić information content (AvgIpc) is 2.88. The summed E-state index contributed by atoms with van der Waals surface area (Å²) in [6.45, 7) is -0.0757. The van der Waals surface area contributed by atoms with Crippen LogP contribution in [-0.2, 0) is 29.0 Å². The van der Waals surface area contributed by atoms with Crippen LogP contribution in [0, 0.1) is 0 Å². The van der Waals surface area contributed by atoms with Crippen molar-refractivity contribution in [3.63, 3.8) is 0 Å². The van der Waals surface area contributed by atoms with Crippen LogP contribution in [-0.4, -0.2) is 57.4 Å². The fourth-order valence-corrected chi connectivity index (χ4v) is 4.24. The monoisotopic (exact) mass is 347 g/mol. The van der Waals surface area contributed by atoms with Crippen LogP contribution < -0.4 is 0 Å². The molecule has 0 saturated carbocycles. The van der Waals surface area contributed by atoms with Gasteiger partial charge in [0.25, 0.3) is 0 Å². The maximum Gasteiger partial charge on any atom is 0.327 e. The minimum Gasteiger partial charge on any atom is -0.462 e. The molecule has 0 spiro atoms. The molecule has 7 nitrogen and oxygen atoms in total. The van der Waals surface area contributed by atoms with Crippen LogP contribution in [0.15, 0.2) is 29.2 Å². The average molecular weight is 348 g/mol. The summed E-state index contributed by atoms with van der Waals surface area (Å²) in [6.07, 6.45) is -1.42. The van der Waals surface area contributed by atoms with Crippen molar-refractivity contribution < 1.29 is 27.4 Å². The summed E-state index contributed by atoms with van der Waals surface area (Å²) in [4.78, 5) is 11.9. The third-order valence-electron chi connectivity index (χ3n) is 3.63. The summed E-state index contributed by atoms with van der Waals surface area (Å²) >= 11 is 5.78. The number of esters is 1. The van der Waals surface area contributed by atoms with Gasteiger partial charge >= 0.3 is 5.97 Å². The number of sulfonamides is 1. The number of morpholine rings is 1. The van der Waals surface area contributed by atoms with Crippen LogP contribution in [0.4, 0.5) is 0 Å². The van der Waals surface area contributed by atoms with Gasteiger partial charge in [0, 0.05) is 12.1 Å². The number of hydrogen-bond donors (Lipinski definition) is 0. The molecule has 0 radical (unpaired) electrons. The molecule has 2 aliphatic rings. The number of halogens is 1. The van der Waals surface area contributed by atoms with Gasteiger partial charge < -0.3 is 14.2 Å². The molecule has 0 bridgehead atoms. The van der Waals surface area contributed by atoms with Gasteiger partial charge in [-0.1, -0.05) is 11.6 Å². The summed E-state index contributed by atoms with van der Waals surface area (Å²) in [5, 5.41) is 0.425. The maximum atomic E-state index is 12.8. The first kappa shape index (κ1) is 15.7. The summed E-state index contributed by atoms with van der Waals surface area (Å²) in [5.41, 5.74) is 0. The number of carbonyl (C=O) groups is 1. The molecule has 0 amide bonds. The SMILES string of the molecule is CO[C@@H]1CN(S(=O)(=O)c2ccc(Cl)cc2)[C@H]2C(=O)OCC2O1. The Morgan fingerprint density at radius 1 is 1.32 bits per heavy atom. The van der Waals surface area contributed by atoms with Gasteiger partial charge in [-0.05, 0) is 24.3 Å². The van der Waals surface area contributed by atoms with E-state index in [1.807, 2.05) is 0 Å². The van der Waals surface area contributed by atoms with E-state index in [4.69, 9.17) is 25.8 Å². The molecule has 3 atom stereocenters. The predicted octanol–water partition coefficient (Wildman–Crippen LogP) is 0.627. The first-order chi connectivity index (χ1) is 10.4. The Morgan fingerprint density at radius 3 is 2.64 bits per heavy atom. The number of rotatable bonds is 3. The second kappa shape index (κ2) is 5.78. The Morgan fingerprint density at radius 2 is 2.00 bits per heavy atom. The second-order valence-corrected chi connectivity index (χ2v) is 7.27. The van der Waals surface area contributed by atoms with Gasteiger partial charge in [-0.25, -0.2) is 8.42 Å². The molecule has 0 aliphatic carbocycles. The number of nitrogens with zero attached hydrogens (tertiary/aromatic N) is 1. The van der Waals surface area contributed by atoms with E-state index < -0.39 is 34.4 Å². The van der Waals surface area contributed by atoms with Crippen molar-refractivity contribution in [2.75, 3.05) is 20.3 Å². The number of fused-ring (bicyclic) bond motifs is 1. The summed E-state index contributed by atoms with van der Waals surface area (Å²) in [6, 6.07) is 4.75. The lowest BCUT2D eigenvalue weighted by molar-refractivity contribution is -0.193. The Kier molecular flexibility index (Phi) is 4.13. The Balaban J connectivity index is 1.99. The van der Waals surface area contributed by atoms with Gasteiger partial charge in [-0.3, -0.25) is 4.79 Å². The highest BCUT2D eigenvalue weighted by atomic mass is 35.5. The zero-order chi connectivity index (χ0) is 15.9. The van der Waals surface area contributed by atoms with E-state index in [2.05, 4.69) is 0 Å². The summed E-state index contributed by atoms with van der Waals surface area (Å²) in [7, 11) is -2.48. The van der Waals surface area contributed by atoms with Crippen molar-refractivity contribution in [1.29, 1.82) is 0 Å². The Hall–Kier alpha value is -1.19. The molecule has 22 heavy (non-hydrogen) atoms. The first-order valence-electron chi connectivity index (χ1n) is 6.56. The lowest BCUT2D eigenvalue weighted by Crippen LogP contribution is -2.58. The van der Waals surface area contributed by atoms with Gasteiger partial charge in [0.05, 0.1) is 11.4 Å². The molecule has 120 valence electrons. The van der Waals surface area contributed by atoms with Gasteiger partial charge in [0.1, 0.15) is 12.7 Å². The lowest BCUT2D eigenvalue weighted by Gasteiger charge is -2.37. The smallest absolute Gasteiger partial charge is 0.327 e. The van der Waals surface area contributed by atoms with E-state index in [1.165, 1.54) is 31.4 Å². The van der Waals surface area contributed by atoms with E-state index in [0.29, 0.717) is 5.02 Å². The predicted molar refractivity (Wildman–Crippen MR) is 75.8 cm³/mol. The molecular formula is C13H14ClNO6S. The largest absolute Gasteiger partial charge is 0.462 e. The van der Waals surface area contributed by atoms with Gasteiger partial charge in [0.2, 0.25) is 10.0 Å². The van der Waals surface area contributed by atoms with Crippen LogP contribution in [0.3, 0.4) is 0 Å². The zero-order valence-electron chi connectivity index (χ0n) is 11.6. The molecule has 1 unspecified atom stereocenters.